The second-order valence-electron chi connectivity index (χ2n) is 6.36. The number of benzene rings is 2. The van der Waals surface area contributed by atoms with Crippen LogP contribution in [-0.2, 0) is 27.3 Å². The molecule has 1 aliphatic rings. The first-order valence-electron chi connectivity index (χ1n) is 8.56. The van der Waals surface area contributed by atoms with Gasteiger partial charge in [-0.2, -0.15) is 0 Å². The molecule has 1 aliphatic heterocycles. The van der Waals surface area contributed by atoms with E-state index in [1.165, 1.54) is 0 Å². The van der Waals surface area contributed by atoms with Crippen molar-refractivity contribution in [2.75, 3.05) is 6.54 Å². The maximum absolute atomic E-state index is 12.2. The van der Waals surface area contributed by atoms with Crippen molar-refractivity contribution in [3.8, 4) is 0 Å². The summed E-state index contributed by atoms with van der Waals surface area (Å²) in [4.78, 5) is 37.9. The molecule has 1 unspecified atom stereocenters. The molecule has 1 saturated heterocycles. The predicted molar refractivity (Wildman–Crippen MR) is 96.4 cm³/mol. The van der Waals surface area contributed by atoms with E-state index in [4.69, 9.17) is 0 Å². The number of hydrazine groups is 1. The summed E-state index contributed by atoms with van der Waals surface area (Å²) in [6, 6.07) is 18.9. The van der Waals surface area contributed by atoms with Crippen molar-refractivity contribution in [2.24, 2.45) is 5.92 Å². The van der Waals surface area contributed by atoms with Crippen molar-refractivity contribution in [1.29, 1.82) is 0 Å². The number of carbonyl (C=O) groups excluding carboxylic acids is 3. The molecule has 0 saturated carbocycles. The molecule has 2 aromatic carbocycles. The minimum Gasteiger partial charge on any atom is -0.338 e. The molecule has 0 aromatic heterocycles. The summed E-state index contributed by atoms with van der Waals surface area (Å²) >= 11 is 0. The Kier molecular flexibility index (Phi) is 5.63. The lowest BCUT2D eigenvalue weighted by atomic mass is 10.1. The van der Waals surface area contributed by atoms with E-state index in [0.29, 0.717) is 13.1 Å². The Labute approximate surface area is 152 Å². The van der Waals surface area contributed by atoms with E-state index in [9.17, 15) is 14.4 Å². The van der Waals surface area contributed by atoms with Gasteiger partial charge < -0.3 is 4.90 Å². The quantitative estimate of drug-likeness (QED) is 0.800. The molecular formula is C20H21N3O3. The van der Waals surface area contributed by atoms with Crippen LogP contribution in [0.3, 0.4) is 0 Å². The zero-order valence-corrected chi connectivity index (χ0v) is 14.4. The van der Waals surface area contributed by atoms with Gasteiger partial charge in [-0.1, -0.05) is 60.7 Å². The number of nitrogens with zero attached hydrogens (tertiary/aromatic N) is 1. The van der Waals surface area contributed by atoms with E-state index in [0.717, 1.165) is 11.1 Å². The van der Waals surface area contributed by atoms with Crippen LogP contribution in [0.15, 0.2) is 60.7 Å². The summed E-state index contributed by atoms with van der Waals surface area (Å²) in [6.07, 6.45) is 0.345. The van der Waals surface area contributed by atoms with Crippen LogP contribution >= 0.6 is 0 Å². The highest BCUT2D eigenvalue weighted by atomic mass is 16.2. The topological polar surface area (TPSA) is 78.5 Å². The van der Waals surface area contributed by atoms with Crippen LogP contribution in [0.1, 0.15) is 17.5 Å². The van der Waals surface area contributed by atoms with Crippen molar-refractivity contribution in [3.05, 3.63) is 71.8 Å². The monoisotopic (exact) mass is 351 g/mol. The van der Waals surface area contributed by atoms with Crippen molar-refractivity contribution >= 4 is 17.7 Å². The molecule has 1 heterocycles. The number of nitrogens with one attached hydrogen (secondary N) is 2. The number of rotatable bonds is 5. The summed E-state index contributed by atoms with van der Waals surface area (Å²) in [5.74, 6) is -1.14. The van der Waals surface area contributed by atoms with Crippen molar-refractivity contribution in [2.45, 2.75) is 19.4 Å². The first-order chi connectivity index (χ1) is 12.6. The summed E-state index contributed by atoms with van der Waals surface area (Å²) in [6.45, 7) is 0.845. The predicted octanol–water partition coefficient (Wildman–Crippen LogP) is 1.43. The Hall–Kier alpha value is -3.15. The van der Waals surface area contributed by atoms with Gasteiger partial charge in [-0.15, -0.1) is 0 Å². The Bertz CT molecular complexity index is 777. The fourth-order valence-electron chi connectivity index (χ4n) is 2.96. The van der Waals surface area contributed by atoms with Gasteiger partial charge >= 0.3 is 0 Å². The maximum Gasteiger partial charge on any atom is 0.243 e. The van der Waals surface area contributed by atoms with Crippen LogP contribution in [0.25, 0.3) is 0 Å². The zero-order chi connectivity index (χ0) is 18.4. The molecule has 1 fully saturated rings. The molecular weight excluding hydrogens is 330 g/mol. The number of hydrogen-bond donors (Lipinski definition) is 2. The Balaban J connectivity index is 1.46. The van der Waals surface area contributed by atoms with Crippen LogP contribution in [0.4, 0.5) is 0 Å². The molecule has 2 N–H and O–H groups in total. The molecule has 1 atom stereocenters. The molecule has 6 heteroatoms. The van der Waals surface area contributed by atoms with E-state index >= 15 is 0 Å². The molecule has 6 nitrogen and oxygen atoms in total. The summed E-state index contributed by atoms with van der Waals surface area (Å²) in [5, 5.41) is 0. The molecule has 3 amide bonds. The Morgan fingerprint density at radius 3 is 2.19 bits per heavy atom. The molecule has 26 heavy (non-hydrogen) atoms. The number of hydrogen-bond acceptors (Lipinski definition) is 3. The Morgan fingerprint density at radius 1 is 0.923 bits per heavy atom. The lowest BCUT2D eigenvalue weighted by Gasteiger charge is -2.16. The second-order valence-corrected chi connectivity index (χ2v) is 6.36. The van der Waals surface area contributed by atoms with E-state index in [1.807, 2.05) is 60.7 Å². The molecule has 0 bridgehead atoms. The third-order valence-corrected chi connectivity index (χ3v) is 4.33. The third kappa shape index (κ3) is 4.69. The van der Waals surface area contributed by atoms with E-state index in [1.54, 1.807) is 4.90 Å². The van der Waals surface area contributed by atoms with Gasteiger partial charge in [0.1, 0.15) is 0 Å². The van der Waals surface area contributed by atoms with Gasteiger partial charge in [-0.3, -0.25) is 25.2 Å². The van der Waals surface area contributed by atoms with E-state index in [2.05, 4.69) is 10.9 Å². The summed E-state index contributed by atoms with van der Waals surface area (Å²) in [5.41, 5.74) is 6.74. The molecule has 3 rings (SSSR count). The van der Waals surface area contributed by atoms with Gasteiger partial charge in [-0.05, 0) is 11.1 Å². The fraction of sp³-hybridized carbons (Fsp3) is 0.250. The first kappa shape index (κ1) is 17.7. The van der Waals surface area contributed by atoms with Gasteiger partial charge in [0.2, 0.25) is 17.7 Å². The molecule has 2 aromatic rings. The molecule has 0 radical (unpaired) electrons. The summed E-state index contributed by atoms with van der Waals surface area (Å²) in [7, 11) is 0. The van der Waals surface area contributed by atoms with Crippen LogP contribution < -0.4 is 10.9 Å². The third-order valence-electron chi connectivity index (χ3n) is 4.33. The lowest BCUT2D eigenvalue weighted by molar-refractivity contribution is -0.131. The SMILES string of the molecule is O=C(Cc1ccccc1)NNC(=O)C1CC(=O)N(Cc2ccccc2)C1. The van der Waals surface area contributed by atoms with Gasteiger partial charge in [0.05, 0.1) is 12.3 Å². The van der Waals surface area contributed by atoms with Crippen molar-refractivity contribution in [3.63, 3.8) is 0 Å². The highest BCUT2D eigenvalue weighted by Gasteiger charge is 2.34. The normalized spacial score (nSPS) is 16.4. The lowest BCUT2D eigenvalue weighted by Crippen LogP contribution is -2.45. The average Bonchev–Trinajstić information content (AvgIpc) is 3.02. The van der Waals surface area contributed by atoms with Gasteiger partial charge in [0.25, 0.3) is 0 Å². The number of amides is 3. The van der Waals surface area contributed by atoms with E-state index in [-0.39, 0.29) is 30.6 Å². The minimum atomic E-state index is -0.455. The first-order valence-corrected chi connectivity index (χ1v) is 8.56. The molecule has 134 valence electrons. The second kappa shape index (κ2) is 8.29. The molecule has 0 spiro atoms. The standard InChI is InChI=1S/C20H21N3O3/c24-18(11-15-7-3-1-4-8-15)21-22-20(26)17-12-19(25)23(14-17)13-16-9-5-2-6-10-16/h1-10,17H,11-14H2,(H,21,24)(H,22,26). The smallest absolute Gasteiger partial charge is 0.243 e. The van der Waals surface area contributed by atoms with Gasteiger partial charge in [-0.25, -0.2) is 0 Å². The number of likely N-dealkylation sites (tertiary alicyclic amines) is 1. The van der Waals surface area contributed by atoms with E-state index < -0.39 is 5.92 Å². The highest BCUT2D eigenvalue weighted by Crippen LogP contribution is 2.20. The van der Waals surface area contributed by atoms with Crippen LogP contribution in [0.2, 0.25) is 0 Å². The van der Waals surface area contributed by atoms with Gasteiger partial charge in [0, 0.05) is 19.5 Å². The largest absolute Gasteiger partial charge is 0.338 e. The Morgan fingerprint density at radius 2 is 1.54 bits per heavy atom. The molecule has 0 aliphatic carbocycles. The number of carbonyl (C=O) groups is 3. The fourth-order valence-corrected chi connectivity index (χ4v) is 2.96. The van der Waals surface area contributed by atoms with Gasteiger partial charge in [0.15, 0.2) is 0 Å². The highest BCUT2D eigenvalue weighted by molar-refractivity contribution is 5.90. The minimum absolute atomic E-state index is 0.0513. The van der Waals surface area contributed by atoms with Crippen LogP contribution in [-0.4, -0.2) is 29.2 Å². The van der Waals surface area contributed by atoms with Crippen LogP contribution in [0.5, 0.6) is 0 Å². The van der Waals surface area contributed by atoms with Crippen molar-refractivity contribution in [1.82, 2.24) is 15.8 Å². The summed E-state index contributed by atoms with van der Waals surface area (Å²) < 4.78 is 0. The van der Waals surface area contributed by atoms with Crippen molar-refractivity contribution < 1.29 is 14.4 Å². The average molecular weight is 351 g/mol. The van der Waals surface area contributed by atoms with Crippen LogP contribution in [0, 0.1) is 5.92 Å². The zero-order valence-electron chi connectivity index (χ0n) is 14.4. The maximum atomic E-state index is 12.2.